The number of amides is 3. The van der Waals surface area contributed by atoms with E-state index in [1.807, 2.05) is 5.32 Å². The van der Waals surface area contributed by atoms with Crippen molar-refractivity contribution < 1.29 is 14.0 Å². The number of imide groups is 1. The topological polar surface area (TPSA) is 49.4 Å². The maximum Gasteiger partial charge on any atom is 0.324 e. The number of rotatable bonds is 2. The number of carbonyl (C=O) groups excluding carboxylic acids is 2. The molecule has 0 bridgehead atoms. The molecule has 12 heavy (non-hydrogen) atoms. The van der Waals surface area contributed by atoms with Crippen molar-refractivity contribution in [2.45, 2.75) is 6.17 Å². The molecule has 1 rings (SSSR count). The molecule has 1 atom stereocenters. The van der Waals surface area contributed by atoms with E-state index in [0.29, 0.717) is 0 Å². The smallest absolute Gasteiger partial charge is 0.317 e. The van der Waals surface area contributed by atoms with Gasteiger partial charge < -0.3 is 4.90 Å². The highest BCUT2D eigenvalue weighted by atomic mass is 19.1. The summed E-state index contributed by atoms with van der Waals surface area (Å²) in [5, 5.41) is 1.89. The van der Waals surface area contributed by atoms with E-state index in [-0.39, 0.29) is 13.1 Å². The number of alkyl halides is 1. The first-order valence-electron chi connectivity index (χ1n) is 3.50. The van der Waals surface area contributed by atoms with Crippen LogP contribution in [0.3, 0.4) is 0 Å². The van der Waals surface area contributed by atoms with Crippen molar-refractivity contribution in [3.05, 3.63) is 12.7 Å². The Morgan fingerprint density at radius 1 is 1.75 bits per heavy atom. The molecule has 1 saturated heterocycles. The van der Waals surface area contributed by atoms with E-state index in [0.717, 1.165) is 0 Å². The minimum atomic E-state index is -1.62. The zero-order valence-electron chi connectivity index (χ0n) is 6.42. The van der Waals surface area contributed by atoms with Crippen LogP contribution in [-0.4, -0.2) is 36.1 Å². The van der Waals surface area contributed by atoms with E-state index in [2.05, 4.69) is 6.58 Å². The zero-order chi connectivity index (χ0) is 9.14. The van der Waals surface area contributed by atoms with Crippen LogP contribution in [0.15, 0.2) is 12.7 Å². The van der Waals surface area contributed by atoms with Crippen LogP contribution >= 0.6 is 0 Å². The molecule has 4 nitrogen and oxygen atoms in total. The molecular weight excluding hydrogens is 163 g/mol. The third-order valence-electron chi connectivity index (χ3n) is 1.53. The van der Waals surface area contributed by atoms with Crippen molar-refractivity contribution in [1.82, 2.24) is 10.2 Å². The summed E-state index contributed by atoms with van der Waals surface area (Å²) >= 11 is 0. The van der Waals surface area contributed by atoms with Gasteiger partial charge in [-0.2, -0.15) is 0 Å². The highest BCUT2D eigenvalue weighted by Crippen LogP contribution is 2.03. The van der Waals surface area contributed by atoms with Crippen molar-refractivity contribution in [3.8, 4) is 0 Å². The van der Waals surface area contributed by atoms with Crippen LogP contribution < -0.4 is 5.32 Å². The Hall–Kier alpha value is -1.39. The lowest BCUT2D eigenvalue weighted by Gasteiger charge is -2.27. The monoisotopic (exact) mass is 172 g/mol. The van der Waals surface area contributed by atoms with Gasteiger partial charge in [0.2, 0.25) is 0 Å². The second-order valence-electron chi connectivity index (χ2n) is 2.46. The summed E-state index contributed by atoms with van der Waals surface area (Å²) < 4.78 is 12.7. The average molecular weight is 172 g/mol. The molecule has 1 unspecified atom stereocenters. The maximum absolute atomic E-state index is 12.7. The summed E-state index contributed by atoms with van der Waals surface area (Å²) in [4.78, 5) is 22.7. The van der Waals surface area contributed by atoms with E-state index in [4.69, 9.17) is 0 Å². The number of nitrogens with one attached hydrogen (secondary N) is 1. The van der Waals surface area contributed by atoms with Crippen LogP contribution in [0.5, 0.6) is 0 Å². The minimum Gasteiger partial charge on any atom is -0.317 e. The number of carbonyl (C=O) groups is 2. The molecule has 1 fully saturated rings. The molecule has 0 aromatic heterocycles. The van der Waals surface area contributed by atoms with Crippen LogP contribution in [0.2, 0.25) is 0 Å². The standard InChI is InChI=1S/C7H9FN2O2/c1-2-3-10-4-5(8)6(11)9-7(10)12/h2,5H,1,3-4H2,(H,9,11,12). The third-order valence-corrected chi connectivity index (χ3v) is 1.53. The lowest BCUT2D eigenvalue weighted by Crippen LogP contribution is -2.55. The molecule has 0 aromatic rings. The SMILES string of the molecule is C=CCN1CC(F)C(=O)NC1=O. The summed E-state index contributed by atoms with van der Waals surface area (Å²) in [6, 6.07) is -0.561. The molecule has 0 aromatic carbocycles. The Kier molecular flexibility index (Phi) is 2.42. The van der Waals surface area contributed by atoms with Gasteiger partial charge in [0, 0.05) is 6.54 Å². The minimum absolute atomic E-state index is 0.184. The quantitative estimate of drug-likeness (QED) is 0.599. The molecule has 5 heteroatoms. The predicted molar refractivity (Wildman–Crippen MR) is 40.2 cm³/mol. The van der Waals surface area contributed by atoms with Gasteiger partial charge in [0.15, 0.2) is 6.17 Å². The Morgan fingerprint density at radius 2 is 2.42 bits per heavy atom. The van der Waals surface area contributed by atoms with Crippen molar-refractivity contribution in [3.63, 3.8) is 0 Å². The van der Waals surface area contributed by atoms with E-state index in [1.54, 1.807) is 0 Å². The molecule has 0 aliphatic carbocycles. The van der Waals surface area contributed by atoms with Crippen LogP contribution in [-0.2, 0) is 4.79 Å². The van der Waals surface area contributed by atoms with E-state index in [9.17, 15) is 14.0 Å². The Morgan fingerprint density at radius 3 is 3.00 bits per heavy atom. The van der Waals surface area contributed by atoms with Gasteiger partial charge >= 0.3 is 6.03 Å². The first-order valence-corrected chi connectivity index (χ1v) is 3.50. The molecule has 0 spiro atoms. The van der Waals surface area contributed by atoms with Gasteiger partial charge in [-0.25, -0.2) is 9.18 Å². The Bertz CT molecular complexity index is 229. The van der Waals surface area contributed by atoms with E-state index in [1.165, 1.54) is 11.0 Å². The Labute approximate surface area is 69.0 Å². The average Bonchev–Trinajstić information content (AvgIpc) is 2.01. The van der Waals surface area contributed by atoms with Crippen LogP contribution in [0, 0.1) is 0 Å². The van der Waals surface area contributed by atoms with Crippen molar-refractivity contribution in [2.24, 2.45) is 0 Å². The fraction of sp³-hybridized carbons (Fsp3) is 0.429. The van der Waals surface area contributed by atoms with E-state index >= 15 is 0 Å². The number of hydrogen-bond acceptors (Lipinski definition) is 2. The highest BCUT2D eigenvalue weighted by Gasteiger charge is 2.30. The summed E-state index contributed by atoms with van der Waals surface area (Å²) in [6.07, 6.45) is -0.148. The second kappa shape index (κ2) is 3.34. The van der Waals surface area contributed by atoms with Crippen molar-refractivity contribution >= 4 is 11.9 Å². The van der Waals surface area contributed by atoms with Gasteiger partial charge in [0.05, 0.1) is 6.54 Å². The molecule has 0 radical (unpaired) electrons. The summed E-state index contributed by atoms with van der Waals surface area (Å²) in [5.74, 6) is -0.861. The summed E-state index contributed by atoms with van der Waals surface area (Å²) in [6.45, 7) is 3.47. The van der Waals surface area contributed by atoms with Gasteiger partial charge in [-0.1, -0.05) is 6.08 Å². The first-order chi connectivity index (χ1) is 5.65. The maximum atomic E-state index is 12.7. The normalized spacial score (nSPS) is 23.8. The van der Waals surface area contributed by atoms with Crippen molar-refractivity contribution in [2.75, 3.05) is 13.1 Å². The fourth-order valence-electron chi connectivity index (χ4n) is 0.935. The van der Waals surface area contributed by atoms with Gasteiger partial charge in [-0.3, -0.25) is 10.1 Å². The third kappa shape index (κ3) is 1.61. The van der Waals surface area contributed by atoms with Gasteiger partial charge in [0.1, 0.15) is 0 Å². The zero-order valence-corrected chi connectivity index (χ0v) is 6.42. The molecule has 1 heterocycles. The number of hydrogen-bond donors (Lipinski definition) is 1. The largest absolute Gasteiger partial charge is 0.324 e. The molecule has 1 aliphatic rings. The highest BCUT2D eigenvalue weighted by molar-refractivity contribution is 5.99. The molecule has 66 valence electrons. The summed E-state index contributed by atoms with van der Waals surface area (Å²) in [5.41, 5.74) is 0. The summed E-state index contributed by atoms with van der Waals surface area (Å²) in [7, 11) is 0. The van der Waals surface area contributed by atoms with Crippen LogP contribution in [0.25, 0.3) is 0 Å². The van der Waals surface area contributed by atoms with Gasteiger partial charge in [-0.05, 0) is 0 Å². The van der Waals surface area contributed by atoms with E-state index < -0.39 is 18.1 Å². The molecule has 1 N–H and O–H groups in total. The Balaban J connectivity index is 2.61. The second-order valence-corrected chi connectivity index (χ2v) is 2.46. The molecular formula is C7H9FN2O2. The van der Waals surface area contributed by atoms with Gasteiger partial charge in [0.25, 0.3) is 5.91 Å². The molecule has 3 amide bonds. The number of halogens is 1. The number of nitrogens with zero attached hydrogens (tertiary/aromatic N) is 1. The van der Waals surface area contributed by atoms with Crippen molar-refractivity contribution in [1.29, 1.82) is 0 Å². The lowest BCUT2D eigenvalue weighted by molar-refractivity contribution is -0.126. The fourth-order valence-corrected chi connectivity index (χ4v) is 0.935. The molecule has 0 saturated carbocycles. The number of urea groups is 1. The van der Waals surface area contributed by atoms with Crippen LogP contribution in [0.1, 0.15) is 0 Å². The predicted octanol–water partition coefficient (Wildman–Crippen LogP) is 0.0623. The van der Waals surface area contributed by atoms with Gasteiger partial charge in [-0.15, -0.1) is 6.58 Å². The van der Waals surface area contributed by atoms with Crippen LogP contribution in [0.4, 0.5) is 9.18 Å². The molecule has 1 aliphatic heterocycles. The first kappa shape index (κ1) is 8.70. The lowest BCUT2D eigenvalue weighted by atomic mass is 10.3.